The van der Waals surface area contributed by atoms with Crippen LogP contribution in [0.25, 0.3) is 0 Å². The lowest BCUT2D eigenvalue weighted by Crippen LogP contribution is -2.29. The van der Waals surface area contributed by atoms with Gasteiger partial charge in [-0.15, -0.1) is 0 Å². The molecule has 2 rings (SSSR count). The molecule has 1 atom stereocenters. The van der Waals surface area contributed by atoms with Gasteiger partial charge in [0.05, 0.1) is 0 Å². The van der Waals surface area contributed by atoms with Crippen LogP contribution in [-0.4, -0.2) is 6.04 Å². The van der Waals surface area contributed by atoms with E-state index in [1.807, 2.05) is 12.1 Å². The Hall–Kier alpha value is -0.670. The maximum Gasteiger partial charge on any atom is 0.128 e. The summed E-state index contributed by atoms with van der Waals surface area (Å²) in [5, 5.41) is 3.39. The van der Waals surface area contributed by atoms with Gasteiger partial charge < -0.3 is 5.32 Å². The van der Waals surface area contributed by atoms with Crippen molar-refractivity contribution in [3.05, 3.63) is 46.2 Å². The molecule has 0 bridgehead atoms. The van der Waals surface area contributed by atoms with Crippen LogP contribution in [0.4, 0.5) is 4.39 Å². The van der Waals surface area contributed by atoms with Crippen molar-refractivity contribution >= 4 is 15.9 Å². The predicted molar refractivity (Wildman–Crippen MR) is 67.7 cm³/mol. The first kappa shape index (κ1) is 11.8. The van der Waals surface area contributed by atoms with Crippen LogP contribution in [0.5, 0.6) is 0 Å². The monoisotopic (exact) mass is 283 g/mol. The molecule has 3 heteroatoms. The van der Waals surface area contributed by atoms with Crippen LogP contribution in [0.3, 0.4) is 0 Å². The highest BCUT2D eigenvalue weighted by molar-refractivity contribution is 9.10. The van der Waals surface area contributed by atoms with E-state index in [1.54, 1.807) is 0 Å². The molecule has 1 aliphatic carbocycles. The second-order valence-corrected chi connectivity index (χ2v) is 5.01. The molecule has 0 amide bonds. The highest BCUT2D eigenvalue weighted by atomic mass is 79.9. The number of halogens is 2. The summed E-state index contributed by atoms with van der Waals surface area (Å²) in [5.74, 6) is -0.145. The number of allylic oxidation sites excluding steroid dienone is 1. The summed E-state index contributed by atoms with van der Waals surface area (Å²) in [7, 11) is 0. The van der Waals surface area contributed by atoms with Gasteiger partial charge in [0.1, 0.15) is 5.82 Å². The summed E-state index contributed by atoms with van der Waals surface area (Å²) < 4.78 is 14.3. The van der Waals surface area contributed by atoms with Gasteiger partial charge in [-0.1, -0.05) is 34.1 Å². The molecule has 1 nitrogen and oxygen atoms in total. The number of nitrogens with one attached hydrogen (secondary N) is 1. The molecule has 0 saturated heterocycles. The van der Waals surface area contributed by atoms with E-state index in [4.69, 9.17) is 0 Å². The van der Waals surface area contributed by atoms with Crippen LogP contribution in [0.1, 0.15) is 24.8 Å². The van der Waals surface area contributed by atoms with Gasteiger partial charge in [0.2, 0.25) is 0 Å². The van der Waals surface area contributed by atoms with Crippen molar-refractivity contribution in [2.45, 2.75) is 31.8 Å². The SMILES string of the molecule is Fc1cc(Br)ccc1CNC1CC=CCC1. The maximum atomic E-state index is 13.5. The molecule has 16 heavy (non-hydrogen) atoms. The highest BCUT2D eigenvalue weighted by Gasteiger charge is 2.10. The molecule has 0 radical (unpaired) electrons. The molecule has 0 heterocycles. The van der Waals surface area contributed by atoms with Crippen LogP contribution in [0.15, 0.2) is 34.8 Å². The predicted octanol–water partition coefficient (Wildman–Crippen LogP) is 3.79. The lowest BCUT2D eigenvalue weighted by molar-refractivity contribution is 0.466. The molecule has 86 valence electrons. The van der Waals surface area contributed by atoms with E-state index in [-0.39, 0.29) is 5.82 Å². The van der Waals surface area contributed by atoms with Crippen molar-refractivity contribution in [1.29, 1.82) is 0 Å². The Morgan fingerprint density at radius 2 is 2.25 bits per heavy atom. The van der Waals surface area contributed by atoms with E-state index in [9.17, 15) is 4.39 Å². The average Bonchev–Trinajstić information content (AvgIpc) is 2.29. The molecule has 0 spiro atoms. The number of hydrogen-bond acceptors (Lipinski definition) is 1. The molecule has 0 fully saturated rings. The van der Waals surface area contributed by atoms with Crippen LogP contribution in [-0.2, 0) is 6.54 Å². The number of benzene rings is 1. The Morgan fingerprint density at radius 1 is 1.38 bits per heavy atom. The maximum absolute atomic E-state index is 13.5. The Balaban J connectivity index is 1.91. The highest BCUT2D eigenvalue weighted by Crippen LogP contribution is 2.16. The zero-order valence-electron chi connectivity index (χ0n) is 9.05. The van der Waals surface area contributed by atoms with E-state index in [0.717, 1.165) is 29.3 Å². The zero-order chi connectivity index (χ0) is 11.4. The van der Waals surface area contributed by atoms with Crippen molar-refractivity contribution in [2.24, 2.45) is 0 Å². The van der Waals surface area contributed by atoms with Gasteiger partial charge in [-0.3, -0.25) is 0 Å². The van der Waals surface area contributed by atoms with E-state index in [1.165, 1.54) is 6.07 Å². The van der Waals surface area contributed by atoms with Crippen molar-refractivity contribution in [1.82, 2.24) is 5.32 Å². The van der Waals surface area contributed by atoms with Gasteiger partial charge >= 0.3 is 0 Å². The minimum atomic E-state index is -0.145. The number of rotatable bonds is 3. The topological polar surface area (TPSA) is 12.0 Å². The summed E-state index contributed by atoms with van der Waals surface area (Å²) >= 11 is 3.25. The molecule has 1 aliphatic rings. The van der Waals surface area contributed by atoms with E-state index in [2.05, 4.69) is 33.4 Å². The summed E-state index contributed by atoms with van der Waals surface area (Å²) in [6.07, 6.45) is 7.73. The molecular formula is C13H15BrFN. The first-order valence-corrected chi connectivity index (χ1v) is 6.37. The van der Waals surface area contributed by atoms with Crippen LogP contribution >= 0.6 is 15.9 Å². The van der Waals surface area contributed by atoms with Crippen LogP contribution in [0, 0.1) is 5.82 Å². The Kier molecular flexibility index (Phi) is 4.13. The van der Waals surface area contributed by atoms with Crippen LogP contribution in [0.2, 0.25) is 0 Å². The third-order valence-corrected chi connectivity index (χ3v) is 3.36. The van der Waals surface area contributed by atoms with E-state index in [0.29, 0.717) is 12.6 Å². The van der Waals surface area contributed by atoms with Gasteiger partial charge in [0.15, 0.2) is 0 Å². The lowest BCUT2D eigenvalue weighted by Gasteiger charge is -2.19. The molecule has 0 saturated carbocycles. The molecule has 1 aromatic carbocycles. The summed E-state index contributed by atoms with van der Waals surface area (Å²) in [5.41, 5.74) is 0.734. The summed E-state index contributed by atoms with van der Waals surface area (Å²) in [4.78, 5) is 0. The van der Waals surface area contributed by atoms with E-state index < -0.39 is 0 Å². The molecule has 1 N–H and O–H groups in total. The normalized spacial score (nSPS) is 20.0. The molecular weight excluding hydrogens is 269 g/mol. The molecule has 0 aliphatic heterocycles. The minimum absolute atomic E-state index is 0.145. The lowest BCUT2D eigenvalue weighted by atomic mass is 10.0. The van der Waals surface area contributed by atoms with Gasteiger partial charge in [-0.2, -0.15) is 0 Å². The van der Waals surface area contributed by atoms with Gasteiger partial charge in [0.25, 0.3) is 0 Å². The van der Waals surface area contributed by atoms with Gasteiger partial charge in [-0.25, -0.2) is 4.39 Å². The fourth-order valence-electron chi connectivity index (χ4n) is 1.90. The first-order chi connectivity index (χ1) is 7.75. The van der Waals surface area contributed by atoms with Crippen molar-refractivity contribution in [3.8, 4) is 0 Å². The second kappa shape index (κ2) is 5.60. The Morgan fingerprint density at radius 3 is 2.94 bits per heavy atom. The van der Waals surface area contributed by atoms with Gasteiger partial charge in [0, 0.05) is 22.6 Å². The van der Waals surface area contributed by atoms with Crippen molar-refractivity contribution in [3.63, 3.8) is 0 Å². The average molecular weight is 284 g/mol. The van der Waals surface area contributed by atoms with Crippen molar-refractivity contribution in [2.75, 3.05) is 0 Å². The third kappa shape index (κ3) is 3.16. The zero-order valence-corrected chi connectivity index (χ0v) is 10.6. The first-order valence-electron chi connectivity index (χ1n) is 5.58. The minimum Gasteiger partial charge on any atom is -0.309 e. The Labute approximate surface area is 104 Å². The number of hydrogen-bond donors (Lipinski definition) is 1. The third-order valence-electron chi connectivity index (χ3n) is 2.87. The van der Waals surface area contributed by atoms with Crippen molar-refractivity contribution < 1.29 is 4.39 Å². The second-order valence-electron chi connectivity index (χ2n) is 4.10. The quantitative estimate of drug-likeness (QED) is 0.833. The molecule has 0 aromatic heterocycles. The molecule has 1 aromatic rings. The van der Waals surface area contributed by atoms with E-state index >= 15 is 0 Å². The fraction of sp³-hybridized carbons (Fsp3) is 0.385. The largest absolute Gasteiger partial charge is 0.309 e. The smallest absolute Gasteiger partial charge is 0.128 e. The summed E-state index contributed by atoms with van der Waals surface area (Å²) in [6, 6.07) is 5.71. The fourth-order valence-corrected chi connectivity index (χ4v) is 2.23. The summed E-state index contributed by atoms with van der Waals surface area (Å²) in [6.45, 7) is 0.609. The molecule has 1 unspecified atom stereocenters. The standard InChI is InChI=1S/C13H15BrFN/c14-11-7-6-10(13(15)8-11)9-16-12-4-2-1-3-5-12/h1-2,6-8,12,16H,3-5,9H2. The van der Waals surface area contributed by atoms with Crippen LogP contribution < -0.4 is 5.32 Å². The van der Waals surface area contributed by atoms with Gasteiger partial charge in [-0.05, 0) is 31.4 Å². The Bertz CT molecular complexity index is 390.